The van der Waals surface area contributed by atoms with Crippen LogP contribution in [0.25, 0.3) is 0 Å². The van der Waals surface area contributed by atoms with Gasteiger partial charge in [-0.3, -0.25) is 4.68 Å². The number of aromatic nitrogens is 2. The first-order chi connectivity index (χ1) is 7.94. The molecule has 0 aliphatic heterocycles. The molecule has 1 heterocycles. The molecule has 2 rings (SSSR count). The Bertz CT molecular complexity index is 367. The summed E-state index contributed by atoms with van der Waals surface area (Å²) in [5.41, 5.74) is 1.77. The van der Waals surface area contributed by atoms with Gasteiger partial charge in [-0.25, -0.2) is 0 Å². The van der Waals surface area contributed by atoms with Gasteiger partial charge in [0.1, 0.15) is 0 Å². The minimum atomic E-state index is 0.490. The van der Waals surface area contributed by atoms with E-state index in [4.69, 9.17) is 0 Å². The molecule has 1 fully saturated rings. The van der Waals surface area contributed by atoms with Gasteiger partial charge >= 0.3 is 0 Å². The summed E-state index contributed by atoms with van der Waals surface area (Å²) in [6.45, 7) is 8.10. The SMILES string of the molecule is CC1CC(NCc2cnn(C)c2)CC(C)(C)C1. The number of aryl methyl sites for hydroxylation is 1. The van der Waals surface area contributed by atoms with E-state index < -0.39 is 0 Å². The number of hydrogen-bond acceptors (Lipinski definition) is 2. The van der Waals surface area contributed by atoms with Crippen molar-refractivity contribution in [1.82, 2.24) is 15.1 Å². The van der Waals surface area contributed by atoms with Crippen LogP contribution in [0.1, 0.15) is 45.6 Å². The van der Waals surface area contributed by atoms with Crippen molar-refractivity contribution < 1.29 is 0 Å². The second kappa shape index (κ2) is 4.81. The van der Waals surface area contributed by atoms with Crippen molar-refractivity contribution in [2.45, 2.75) is 52.6 Å². The van der Waals surface area contributed by atoms with Crippen LogP contribution in [0, 0.1) is 11.3 Å². The summed E-state index contributed by atoms with van der Waals surface area (Å²) in [6, 6.07) is 0.661. The van der Waals surface area contributed by atoms with Crippen molar-refractivity contribution in [2.24, 2.45) is 18.4 Å². The Morgan fingerprint density at radius 3 is 2.82 bits per heavy atom. The fourth-order valence-electron chi connectivity index (χ4n) is 3.33. The van der Waals surface area contributed by atoms with E-state index in [1.807, 2.05) is 17.9 Å². The third-order valence-electron chi connectivity index (χ3n) is 3.74. The molecule has 1 N–H and O–H groups in total. The molecule has 3 nitrogen and oxygen atoms in total. The summed E-state index contributed by atoms with van der Waals surface area (Å²) in [5.74, 6) is 0.838. The van der Waals surface area contributed by atoms with Crippen molar-refractivity contribution in [3.63, 3.8) is 0 Å². The summed E-state index contributed by atoms with van der Waals surface area (Å²) < 4.78 is 1.87. The zero-order valence-corrected chi connectivity index (χ0v) is 11.5. The molecule has 96 valence electrons. The van der Waals surface area contributed by atoms with Crippen molar-refractivity contribution >= 4 is 0 Å². The third kappa shape index (κ3) is 3.56. The molecule has 0 spiro atoms. The van der Waals surface area contributed by atoms with Crippen molar-refractivity contribution in [3.05, 3.63) is 18.0 Å². The minimum absolute atomic E-state index is 0.490. The smallest absolute Gasteiger partial charge is 0.0534 e. The minimum Gasteiger partial charge on any atom is -0.310 e. The van der Waals surface area contributed by atoms with Crippen LogP contribution in [0.15, 0.2) is 12.4 Å². The van der Waals surface area contributed by atoms with E-state index in [1.165, 1.54) is 24.8 Å². The highest BCUT2D eigenvalue weighted by Gasteiger charge is 2.31. The third-order valence-corrected chi connectivity index (χ3v) is 3.74. The van der Waals surface area contributed by atoms with Crippen molar-refractivity contribution in [2.75, 3.05) is 0 Å². The highest BCUT2D eigenvalue weighted by atomic mass is 15.2. The number of rotatable bonds is 3. The fourth-order valence-corrected chi connectivity index (χ4v) is 3.33. The molecular formula is C14H25N3. The largest absolute Gasteiger partial charge is 0.310 e. The van der Waals surface area contributed by atoms with E-state index in [1.54, 1.807) is 0 Å². The Morgan fingerprint density at radius 1 is 1.47 bits per heavy atom. The first-order valence-corrected chi connectivity index (χ1v) is 6.65. The van der Waals surface area contributed by atoms with Gasteiger partial charge in [-0.1, -0.05) is 20.8 Å². The molecule has 1 aliphatic carbocycles. The summed E-state index contributed by atoms with van der Waals surface area (Å²) in [4.78, 5) is 0. The standard InChI is InChI=1S/C14H25N3/c1-11-5-13(7-14(2,3)6-11)15-8-12-9-16-17(4)10-12/h9-11,13,15H,5-8H2,1-4H3. The Kier molecular flexibility index (Phi) is 3.57. The lowest BCUT2D eigenvalue weighted by atomic mass is 9.70. The summed E-state index contributed by atoms with van der Waals surface area (Å²) in [6.07, 6.45) is 7.99. The zero-order chi connectivity index (χ0) is 12.5. The van der Waals surface area contributed by atoms with Crippen molar-refractivity contribution in [3.8, 4) is 0 Å². The fraction of sp³-hybridized carbons (Fsp3) is 0.786. The van der Waals surface area contributed by atoms with Crippen LogP contribution in [0.5, 0.6) is 0 Å². The normalized spacial score (nSPS) is 28.2. The molecule has 0 bridgehead atoms. The molecule has 0 saturated heterocycles. The number of hydrogen-bond donors (Lipinski definition) is 1. The van der Waals surface area contributed by atoms with Crippen LogP contribution in [0.2, 0.25) is 0 Å². The van der Waals surface area contributed by atoms with Crippen LogP contribution < -0.4 is 5.32 Å². The van der Waals surface area contributed by atoms with Crippen LogP contribution in [0.4, 0.5) is 0 Å². The van der Waals surface area contributed by atoms with Gasteiger partial charge in [-0.15, -0.1) is 0 Å². The topological polar surface area (TPSA) is 29.9 Å². The molecule has 1 saturated carbocycles. The molecule has 3 heteroatoms. The lowest BCUT2D eigenvalue weighted by Gasteiger charge is -2.39. The molecule has 2 unspecified atom stereocenters. The van der Waals surface area contributed by atoms with Crippen LogP contribution in [-0.2, 0) is 13.6 Å². The molecule has 17 heavy (non-hydrogen) atoms. The molecule has 2 atom stereocenters. The van der Waals surface area contributed by atoms with Gasteiger partial charge in [-0.2, -0.15) is 5.10 Å². The Labute approximate surface area is 105 Å². The quantitative estimate of drug-likeness (QED) is 0.873. The molecule has 0 amide bonds. The van der Waals surface area contributed by atoms with Gasteiger partial charge in [0.2, 0.25) is 0 Å². The van der Waals surface area contributed by atoms with E-state index in [9.17, 15) is 0 Å². The van der Waals surface area contributed by atoms with E-state index in [2.05, 4.69) is 37.4 Å². The number of nitrogens with zero attached hydrogens (tertiary/aromatic N) is 2. The van der Waals surface area contributed by atoms with Gasteiger partial charge in [0.05, 0.1) is 6.20 Å². The average Bonchev–Trinajstić information content (AvgIpc) is 2.58. The maximum Gasteiger partial charge on any atom is 0.0534 e. The predicted molar refractivity (Wildman–Crippen MR) is 70.6 cm³/mol. The lowest BCUT2D eigenvalue weighted by molar-refractivity contribution is 0.151. The van der Waals surface area contributed by atoms with E-state index in [0.29, 0.717) is 11.5 Å². The summed E-state index contributed by atoms with van der Waals surface area (Å²) in [7, 11) is 1.97. The highest BCUT2D eigenvalue weighted by Crippen LogP contribution is 2.38. The second-order valence-corrected chi connectivity index (χ2v) is 6.51. The molecular weight excluding hydrogens is 210 g/mol. The average molecular weight is 235 g/mol. The highest BCUT2D eigenvalue weighted by molar-refractivity contribution is 5.03. The molecule has 0 aromatic carbocycles. The van der Waals surface area contributed by atoms with Crippen LogP contribution >= 0.6 is 0 Å². The molecule has 1 aliphatic rings. The van der Waals surface area contributed by atoms with Crippen molar-refractivity contribution in [1.29, 1.82) is 0 Å². The molecule has 1 aromatic rings. The number of nitrogens with one attached hydrogen (secondary N) is 1. The lowest BCUT2D eigenvalue weighted by Crippen LogP contribution is -2.39. The summed E-state index contributed by atoms with van der Waals surface area (Å²) >= 11 is 0. The zero-order valence-electron chi connectivity index (χ0n) is 11.5. The van der Waals surface area contributed by atoms with Gasteiger partial charge in [0.15, 0.2) is 0 Å². The maximum absolute atomic E-state index is 4.20. The van der Waals surface area contributed by atoms with E-state index in [-0.39, 0.29) is 0 Å². The first-order valence-electron chi connectivity index (χ1n) is 6.65. The summed E-state index contributed by atoms with van der Waals surface area (Å²) in [5, 5.41) is 7.88. The Balaban J connectivity index is 1.86. The van der Waals surface area contributed by atoms with E-state index in [0.717, 1.165) is 12.5 Å². The van der Waals surface area contributed by atoms with Crippen LogP contribution in [-0.4, -0.2) is 15.8 Å². The van der Waals surface area contributed by atoms with Gasteiger partial charge in [-0.05, 0) is 30.6 Å². The van der Waals surface area contributed by atoms with Gasteiger partial charge < -0.3 is 5.32 Å². The van der Waals surface area contributed by atoms with Gasteiger partial charge in [0, 0.05) is 31.4 Å². The Morgan fingerprint density at radius 2 is 2.24 bits per heavy atom. The Hall–Kier alpha value is -0.830. The first kappa shape index (κ1) is 12.6. The predicted octanol–water partition coefficient (Wildman–Crippen LogP) is 2.72. The molecule has 1 aromatic heterocycles. The van der Waals surface area contributed by atoms with Gasteiger partial charge in [0.25, 0.3) is 0 Å². The maximum atomic E-state index is 4.20. The monoisotopic (exact) mass is 235 g/mol. The second-order valence-electron chi connectivity index (χ2n) is 6.51. The molecule has 0 radical (unpaired) electrons. The van der Waals surface area contributed by atoms with Crippen LogP contribution in [0.3, 0.4) is 0 Å². The van der Waals surface area contributed by atoms with E-state index >= 15 is 0 Å².